The summed E-state index contributed by atoms with van der Waals surface area (Å²) in [5.41, 5.74) is 6.40. The van der Waals surface area contributed by atoms with Gasteiger partial charge in [0.1, 0.15) is 0 Å². The Morgan fingerprint density at radius 2 is 2.33 bits per heavy atom. The lowest BCUT2D eigenvalue weighted by atomic mass is 9.99. The number of nitrogens with one attached hydrogen (secondary N) is 1. The van der Waals surface area contributed by atoms with E-state index in [-0.39, 0.29) is 6.04 Å². The molecule has 2 heterocycles. The van der Waals surface area contributed by atoms with Gasteiger partial charge < -0.3 is 0 Å². The quantitative estimate of drug-likeness (QED) is 0.640. The number of rotatable bonds is 5. The highest BCUT2D eigenvalue weighted by molar-refractivity contribution is 7.09. The number of hydrogen-bond acceptors (Lipinski definition) is 5. The molecule has 0 radical (unpaired) electrons. The maximum atomic E-state index is 5.69. The van der Waals surface area contributed by atoms with Crippen LogP contribution in [0.5, 0.6) is 0 Å². The summed E-state index contributed by atoms with van der Waals surface area (Å²) in [4.78, 5) is 8.65. The van der Waals surface area contributed by atoms with Crippen molar-refractivity contribution in [2.24, 2.45) is 5.84 Å². The molecule has 2 aromatic rings. The van der Waals surface area contributed by atoms with E-state index in [0.717, 1.165) is 23.5 Å². The van der Waals surface area contributed by atoms with Crippen molar-refractivity contribution < 1.29 is 0 Å². The number of pyridine rings is 1. The Hall–Kier alpha value is -1.30. The predicted octanol–water partition coefficient (Wildman–Crippen LogP) is 2.16. The molecule has 3 N–H and O–H groups in total. The highest BCUT2D eigenvalue weighted by Crippen LogP contribution is 2.22. The topological polar surface area (TPSA) is 63.8 Å². The van der Waals surface area contributed by atoms with Crippen LogP contribution in [0.15, 0.2) is 23.8 Å². The van der Waals surface area contributed by atoms with E-state index in [9.17, 15) is 0 Å². The number of hydrazine groups is 1. The standard InChI is InChI=1S/C13H18N4S/c1-3-10-7-15-5-4-11(10)12(17-14)6-13-16-9(2)8-18-13/h4-5,7-8,12,17H,3,6,14H2,1-2H3. The molecule has 0 aromatic carbocycles. The molecule has 96 valence electrons. The summed E-state index contributed by atoms with van der Waals surface area (Å²) in [6, 6.07) is 2.12. The lowest BCUT2D eigenvalue weighted by Crippen LogP contribution is -2.30. The predicted molar refractivity (Wildman–Crippen MR) is 74.2 cm³/mol. The first-order valence-electron chi connectivity index (χ1n) is 6.04. The Bertz CT molecular complexity index is 509. The van der Waals surface area contributed by atoms with E-state index in [4.69, 9.17) is 5.84 Å². The Morgan fingerprint density at radius 1 is 1.50 bits per heavy atom. The minimum atomic E-state index is 0.0912. The SMILES string of the molecule is CCc1cnccc1C(Cc1nc(C)cs1)NN. The van der Waals surface area contributed by atoms with Gasteiger partial charge in [-0.3, -0.25) is 16.3 Å². The van der Waals surface area contributed by atoms with Crippen LogP contribution in [0.2, 0.25) is 0 Å². The van der Waals surface area contributed by atoms with Crippen molar-refractivity contribution in [3.05, 3.63) is 45.7 Å². The Kier molecular flexibility index (Phi) is 4.41. The van der Waals surface area contributed by atoms with Gasteiger partial charge in [-0.15, -0.1) is 11.3 Å². The molecule has 0 bridgehead atoms. The molecule has 4 nitrogen and oxygen atoms in total. The van der Waals surface area contributed by atoms with Gasteiger partial charge in [0.05, 0.1) is 11.0 Å². The van der Waals surface area contributed by atoms with Crippen molar-refractivity contribution in [3.8, 4) is 0 Å². The minimum absolute atomic E-state index is 0.0912. The van der Waals surface area contributed by atoms with Crippen LogP contribution < -0.4 is 11.3 Å². The normalized spacial score (nSPS) is 12.6. The molecule has 0 fully saturated rings. The maximum absolute atomic E-state index is 5.69. The average Bonchev–Trinajstić information content (AvgIpc) is 2.81. The van der Waals surface area contributed by atoms with Crippen molar-refractivity contribution >= 4 is 11.3 Å². The Morgan fingerprint density at radius 3 is 2.94 bits per heavy atom. The van der Waals surface area contributed by atoms with E-state index in [1.165, 1.54) is 11.1 Å². The van der Waals surface area contributed by atoms with Gasteiger partial charge in [0, 0.05) is 29.9 Å². The summed E-state index contributed by atoms with van der Waals surface area (Å²) in [5.74, 6) is 5.69. The molecule has 2 aromatic heterocycles. The molecule has 0 amide bonds. The zero-order valence-corrected chi connectivity index (χ0v) is 11.5. The number of nitrogens with zero attached hydrogens (tertiary/aromatic N) is 2. The number of thiazole rings is 1. The number of aryl methyl sites for hydroxylation is 2. The van der Waals surface area contributed by atoms with Crippen LogP contribution in [0, 0.1) is 6.92 Å². The zero-order valence-electron chi connectivity index (χ0n) is 10.7. The molecule has 2 rings (SSSR count). The molecule has 0 saturated carbocycles. The second-order valence-corrected chi connectivity index (χ2v) is 5.18. The molecular weight excluding hydrogens is 244 g/mol. The molecule has 1 atom stereocenters. The van der Waals surface area contributed by atoms with Gasteiger partial charge >= 0.3 is 0 Å². The average molecular weight is 262 g/mol. The molecule has 1 unspecified atom stereocenters. The van der Waals surface area contributed by atoms with Crippen molar-refractivity contribution in [2.45, 2.75) is 32.7 Å². The fraction of sp³-hybridized carbons (Fsp3) is 0.385. The molecule has 5 heteroatoms. The summed E-state index contributed by atoms with van der Waals surface area (Å²) < 4.78 is 0. The van der Waals surface area contributed by atoms with Gasteiger partial charge in [-0.2, -0.15) is 0 Å². The second kappa shape index (κ2) is 6.04. The first-order chi connectivity index (χ1) is 8.74. The Balaban J connectivity index is 2.22. The summed E-state index contributed by atoms with van der Waals surface area (Å²) in [5, 5.41) is 3.17. The highest BCUT2D eigenvalue weighted by Gasteiger charge is 2.15. The zero-order chi connectivity index (χ0) is 13.0. The van der Waals surface area contributed by atoms with Crippen molar-refractivity contribution in [3.63, 3.8) is 0 Å². The highest BCUT2D eigenvalue weighted by atomic mass is 32.1. The van der Waals surface area contributed by atoms with Gasteiger partial charge in [0.25, 0.3) is 0 Å². The summed E-state index contributed by atoms with van der Waals surface area (Å²) in [6.07, 6.45) is 5.49. The lowest BCUT2D eigenvalue weighted by Gasteiger charge is -2.17. The minimum Gasteiger partial charge on any atom is -0.271 e. The van der Waals surface area contributed by atoms with E-state index >= 15 is 0 Å². The van der Waals surface area contributed by atoms with Crippen LogP contribution in [0.4, 0.5) is 0 Å². The van der Waals surface area contributed by atoms with Crippen LogP contribution in [-0.4, -0.2) is 9.97 Å². The van der Waals surface area contributed by atoms with E-state index in [0.29, 0.717) is 0 Å². The monoisotopic (exact) mass is 262 g/mol. The Labute approximate surface area is 111 Å². The van der Waals surface area contributed by atoms with Crippen LogP contribution in [0.1, 0.15) is 34.8 Å². The van der Waals surface area contributed by atoms with E-state index in [1.807, 2.05) is 25.4 Å². The second-order valence-electron chi connectivity index (χ2n) is 4.23. The maximum Gasteiger partial charge on any atom is 0.0947 e. The molecule has 18 heavy (non-hydrogen) atoms. The number of aromatic nitrogens is 2. The fourth-order valence-corrected chi connectivity index (χ4v) is 2.82. The van der Waals surface area contributed by atoms with Gasteiger partial charge in [-0.1, -0.05) is 6.92 Å². The summed E-state index contributed by atoms with van der Waals surface area (Å²) in [6.45, 7) is 4.14. The van der Waals surface area contributed by atoms with Crippen LogP contribution >= 0.6 is 11.3 Å². The van der Waals surface area contributed by atoms with Gasteiger partial charge in [-0.25, -0.2) is 4.98 Å². The van der Waals surface area contributed by atoms with Crippen molar-refractivity contribution in [1.82, 2.24) is 15.4 Å². The van der Waals surface area contributed by atoms with Gasteiger partial charge in [0.2, 0.25) is 0 Å². The van der Waals surface area contributed by atoms with Gasteiger partial charge in [-0.05, 0) is 30.5 Å². The first kappa shape index (κ1) is 13.1. The van der Waals surface area contributed by atoms with E-state index in [2.05, 4.69) is 27.7 Å². The third-order valence-electron chi connectivity index (χ3n) is 2.94. The van der Waals surface area contributed by atoms with Crippen LogP contribution in [0.3, 0.4) is 0 Å². The molecule has 0 aliphatic rings. The van der Waals surface area contributed by atoms with Crippen LogP contribution in [0.25, 0.3) is 0 Å². The fourth-order valence-electron chi connectivity index (χ4n) is 2.00. The molecule has 0 aliphatic heterocycles. The third-order valence-corrected chi connectivity index (χ3v) is 3.93. The van der Waals surface area contributed by atoms with E-state index < -0.39 is 0 Å². The molecule has 0 spiro atoms. The van der Waals surface area contributed by atoms with E-state index in [1.54, 1.807) is 11.3 Å². The van der Waals surface area contributed by atoms with Crippen molar-refractivity contribution in [1.29, 1.82) is 0 Å². The smallest absolute Gasteiger partial charge is 0.0947 e. The molecule has 0 saturated heterocycles. The third kappa shape index (κ3) is 2.93. The van der Waals surface area contributed by atoms with Crippen molar-refractivity contribution in [2.75, 3.05) is 0 Å². The van der Waals surface area contributed by atoms with Crippen LogP contribution in [-0.2, 0) is 12.8 Å². The molecular formula is C13H18N4S. The largest absolute Gasteiger partial charge is 0.271 e. The number of hydrogen-bond donors (Lipinski definition) is 2. The molecule has 0 aliphatic carbocycles. The lowest BCUT2D eigenvalue weighted by molar-refractivity contribution is 0.545. The number of nitrogens with two attached hydrogens (primary N) is 1. The first-order valence-corrected chi connectivity index (χ1v) is 6.92. The summed E-state index contributed by atoms with van der Waals surface area (Å²) in [7, 11) is 0. The summed E-state index contributed by atoms with van der Waals surface area (Å²) >= 11 is 1.68. The van der Waals surface area contributed by atoms with Gasteiger partial charge in [0.15, 0.2) is 0 Å².